The highest BCUT2D eigenvalue weighted by Gasteiger charge is 2.15. The Bertz CT molecular complexity index is 1070. The summed E-state index contributed by atoms with van der Waals surface area (Å²) in [6.07, 6.45) is 0. The summed E-state index contributed by atoms with van der Waals surface area (Å²) in [4.78, 5) is 20.2. The molecule has 4 aromatic rings. The zero-order valence-corrected chi connectivity index (χ0v) is 15.3. The molecule has 0 fully saturated rings. The normalized spacial score (nSPS) is 10.8. The first-order valence-corrected chi connectivity index (χ1v) is 8.63. The average molecular weight is 412 g/mol. The lowest BCUT2D eigenvalue weighted by Crippen LogP contribution is -2.11. The van der Waals surface area contributed by atoms with E-state index < -0.39 is 0 Å². The van der Waals surface area contributed by atoms with Crippen LogP contribution in [0, 0.1) is 0 Å². The van der Waals surface area contributed by atoms with Gasteiger partial charge in [-0.3, -0.25) is 4.79 Å². The largest absolute Gasteiger partial charge is 0.495 e. The van der Waals surface area contributed by atoms with Crippen molar-refractivity contribution in [2.75, 3.05) is 12.4 Å². The summed E-state index contributed by atoms with van der Waals surface area (Å²) in [5, 5.41) is 2.81. The summed E-state index contributed by atoms with van der Waals surface area (Å²) in [6.45, 7) is 0. The van der Waals surface area contributed by atoms with E-state index in [1.165, 1.54) is 0 Å². The first kappa shape index (κ1) is 16.4. The van der Waals surface area contributed by atoms with Crippen LogP contribution in [-0.4, -0.2) is 23.0 Å². The molecule has 26 heavy (non-hydrogen) atoms. The Labute approximate surface area is 157 Å². The molecular weight excluding hydrogens is 398 g/mol. The van der Waals surface area contributed by atoms with Crippen molar-refractivity contribution in [3.05, 3.63) is 65.0 Å². The number of aromatic nitrogens is 2. The molecule has 0 atom stereocenters. The first-order chi connectivity index (χ1) is 12.6. The van der Waals surface area contributed by atoms with E-state index in [9.17, 15) is 4.79 Å². The summed E-state index contributed by atoms with van der Waals surface area (Å²) < 4.78 is 11.1. The molecule has 7 heteroatoms. The third-order valence-electron chi connectivity index (χ3n) is 3.91. The number of hydrogen-bond donors (Lipinski definition) is 2. The van der Waals surface area contributed by atoms with Crippen LogP contribution >= 0.6 is 15.9 Å². The van der Waals surface area contributed by atoms with Crippen molar-refractivity contribution in [3.63, 3.8) is 0 Å². The number of imidazole rings is 1. The van der Waals surface area contributed by atoms with Gasteiger partial charge in [0.1, 0.15) is 11.6 Å². The Morgan fingerprint density at radius 2 is 2.04 bits per heavy atom. The van der Waals surface area contributed by atoms with Crippen molar-refractivity contribution in [2.45, 2.75) is 0 Å². The Morgan fingerprint density at radius 1 is 1.19 bits per heavy atom. The fourth-order valence-electron chi connectivity index (χ4n) is 2.66. The van der Waals surface area contributed by atoms with E-state index in [4.69, 9.17) is 9.15 Å². The number of amides is 1. The van der Waals surface area contributed by atoms with Gasteiger partial charge in [0.05, 0.1) is 23.8 Å². The molecule has 2 aromatic heterocycles. The van der Waals surface area contributed by atoms with Crippen LogP contribution in [0.2, 0.25) is 0 Å². The van der Waals surface area contributed by atoms with Gasteiger partial charge in [-0.2, -0.15) is 0 Å². The van der Waals surface area contributed by atoms with E-state index in [1.807, 2.05) is 36.4 Å². The molecule has 0 aliphatic rings. The molecule has 2 aromatic carbocycles. The molecule has 6 nitrogen and oxygen atoms in total. The lowest BCUT2D eigenvalue weighted by atomic mass is 10.1. The van der Waals surface area contributed by atoms with Crippen molar-refractivity contribution in [3.8, 4) is 17.1 Å². The van der Waals surface area contributed by atoms with Gasteiger partial charge in [0, 0.05) is 5.56 Å². The number of hydrogen-bond acceptors (Lipinski definition) is 4. The number of halogens is 1. The molecule has 4 rings (SSSR count). The third-order valence-corrected chi connectivity index (χ3v) is 4.33. The minimum absolute atomic E-state index is 0.202. The van der Waals surface area contributed by atoms with Gasteiger partial charge in [0.15, 0.2) is 10.4 Å². The van der Waals surface area contributed by atoms with Crippen LogP contribution in [0.15, 0.2) is 63.7 Å². The van der Waals surface area contributed by atoms with Crippen LogP contribution < -0.4 is 10.1 Å². The predicted molar refractivity (Wildman–Crippen MR) is 102 cm³/mol. The van der Waals surface area contributed by atoms with Gasteiger partial charge in [-0.05, 0) is 58.4 Å². The molecule has 0 aliphatic carbocycles. The van der Waals surface area contributed by atoms with Crippen molar-refractivity contribution in [1.29, 1.82) is 0 Å². The first-order valence-electron chi connectivity index (χ1n) is 7.84. The van der Waals surface area contributed by atoms with Gasteiger partial charge in [-0.1, -0.05) is 12.1 Å². The molecule has 2 heterocycles. The van der Waals surface area contributed by atoms with E-state index in [0.29, 0.717) is 21.9 Å². The molecule has 130 valence electrons. The SMILES string of the molecule is COc1ccc(-c2nc3ccccc3[nH]2)cc1NC(=O)c1ccc(Br)o1. The van der Waals surface area contributed by atoms with E-state index in [1.54, 1.807) is 25.3 Å². The van der Waals surface area contributed by atoms with Crippen LogP contribution in [0.4, 0.5) is 5.69 Å². The van der Waals surface area contributed by atoms with Crippen LogP contribution in [0.3, 0.4) is 0 Å². The maximum Gasteiger partial charge on any atom is 0.291 e. The number of benzene rings is 2. The molecule has 0 bridgehead atoms. The zero-order valence-electron chi connectivity index (χ0n) is 13.7. The van der Waals surface area contributed by atoms with Gasteiger partial charge in [-0.25, -0.2) is 4.98 Å². The highest BCUT2D eigenvalue weighted by Crippen LogP contribution is 2.31. The number of furan rings is 1. The molecule has 0 radical (unpaired) electrons. The van der Waals surface area contributed by atoms with E-state index in [-0.39, 0.29) is 11.7 Å². The van der Waals surface area contributed by atoms with Crippen LogP contribution in [0.1, 0.15) is 10.6 Å². The number of nitrogens with one attached hydrogen (secondary N) is 2. The van der Waals surface area contributed by atoms with Crippen molar-refractivity contribution in [1.82, 2.24) is 9.97 Å². The summed E-state index contributed by atoms with van der Waals surface area (Å²) >= 11 is 3.19. The van der Waals surface area contributed by atoms with Crippen molar-refractivity contribution in [2.24, 2.45) is 0 Å². The number of aromatic amines is 1. The van der Waals surface area contributed by atoms with Gasteiger partial charge in [0.2, 0.25) is 0 Å². The Balaban J connectivity index is 1.69. The molecule has 0 saturated carbocycles. The molecule has 0 aliphatic heterocycles. The summed E-state index contributed by atoms with van der Waals surface area (Å²) in [5.74, 6) is 1.10. The lowest BCUT2D eigenvalue weighted by molar-refractivity contribution is 0.0995. The Hall–Kier alpha value is -3.06. The second-order valence-corrected chi connectivity index (χ2v) is 6.36. The van der Waals surface area contributed by atoms with Crippen molar-refractivity contribution < 1.29 is 13.9 Å². The van der Waals surface area contributed by atoms with Crippen LogP contribution in [0.25, 0.3) is 22.4 Å². The van der Waals surface area contributed by atoms with E-state index in [2.05, 4.69) is 31.2 Å². The predicted octanol–water partition coefficient (Wildman–Crippen LogP) is 4.85. The van der Waals surface area contributed by atoms with E-state index in [0.717, 1.165) is 16.6 Å². The smallest absolute Gasteiger partial charge is 0.291 e. The number of fused-ring (bicyclic) bond motifs is 1. The maximum absolute atomic E-state index is 12.4. The number of methoxy groups -OCH3 is 1. The molecular formula is C19H14BrN3O3. The summed E-state index contributed by atoms with van der Waals surface area (Å²) in [5.41, 5.74) is 3.19. The molecule has 1 amide bonds. The quantitative estimate of drug-likeness (QED) is 0.503. The summed E-state index contributed by atoms with van der Waals surface area (Å²) in [6, 6.07) is 16.5. The number of nitrogens with zero attached hydrogens (tertiary/aromatic N) is 1. The topological polar surface area (TPSA) is 80.1 Å². The highest BCUT2D eigenvalue weighted by atomic mass is 79.9. The highest BCUT2D eigenvalue weighted by molar-refractivity contribution is 9.10. The number of carbonyl (C=O) groups is 1. The Kier molecular flexibility index (Phi) is 4.22. The van der Waals surface area contributed by atoms with Gasteiger partial charge < -0.3 is 19.5 Å². The minimum Gasteiger partial charge on any atom is -0.495 e. The molecule has 0 saturated heterocycles. The number of anilines is 1. The monoisotopic (exact) mass is 411 g/mol. The number of para-hydroxylation sites is 2. The van der Waals surface area contributed by atoms with Crippen LogP contribution in [-0.2, 0) is 0 Å². The molecule has 0 spiro atoms. The fraction of sp³-hybridized carbons (Fsp3) is 0.0526. The maximum atomic E-state index is 12.4. The summed E-state index contributed by atoms with van der Waals surface area (Å²) in [7, 11) is 1.55. The second kappa shape index (κ2) is 6.68. The van der Waals surface area contributed by atoms with Gasteiger partial charge in [0.25, 0.3) is 5.91 Å². The standard InChI is InChI=1S/C19H14BrN3O3/c1-25-15-7-6-11(18-21-12-4-2-3-5-13(12)22-18)10-14(15)23-19(24)16-8-9-17(20)26-16/h2-10H,1H3,(H,21,22)(H,23,24). The number of rotatable bonds is 4. The number of H-pyrrole nitrogens is 1. The van der Waals surface area contributed by atoms with Crippen molar-refractivity contribution >= 4 is 38.6 Å². The zero-order chi connectivity index (χ0) is 18.1. The fourth-order valence-corrected chi connectivity index (χ4v) is 2.97. The molecule has 2 N–H and O–H groups in total. The molecule has 0 unspecified atom stereocenters. The average Bonchev–Trinajstić information content (AvgIpc) is 3.27. The van der Waals surface area contributed by atoms with Crippen LogP contribution in [0.5, 0.6) is 5.75 Å². The van der Waals surface area contributed by atoms with E-state index >= 15 is 0 Å². The number of ether oxygens (including phenoxy) is 1. The minimum atomic E-state index is -0.365. The second-order valence-electron chi connectivity index (χ2n) is 5.58. The Morgan fingerprint density at radius 3 is 2.77 bits per heavy atom. The van der Waals surface area contributed by atoms with Gasteiger partial charge in [-0.15, -0.1) is 0 Å². The van der Waals surface area contributed by atoms with Gasteiger partial charge >= 0.3 is 0 Å². The lowest BCUT2D eigenvalue weighted by Gasteiger charge is -2.10. The third kappa shape index (κ3) is 3.09. The number of carbonyl (C=O) groups excluding carboxylic acids is 1.